The van der Waals surface area contributed by atoms with Crippen LogP contribution in [-0.2, 0) is 17.8 Å². The third kappa shape index (κ3) is 54.9. The lowest BCUT2D eigenvalue weighted by Gasteiger charge is -2.32. The van der Waals surface area contributed by atoms with Crippen LogP contribution in [0.15, 0.2) is 168 Å². The maximum Gasteiger partial charge on any atom is 0.250 e. The second kappa shape index (κ2) is 47.4. The van der Waals surface area contributed by atoms with Crippen molar-refractivity contribution in [1.82, 2.24) is 44.8 Å². The molecule has 12 heteroatoms. The molecule has 1 amide bonds. The third-order valence-electron chi connectivity index (χ3n) is 16.9. The monoisotopic (exact) mass is 1610 g/mol. The topological polar surface area (TPSA) is 156 Å². The molecule has 117 heavy (non-hydrogen) atoms. The number of aromatic amines is 2. The summed E-state index contributed by atoms with van der Waals surface area (Å²) in [6.45, 7) is 93.5. The number of para-hydroxylation sites is 1. The van der Waals surface area contributed by atoms with Crippen molar-refractivity contribution < 1.29 is 4.79 Å². The van der Waals surface area contributed by atoms with Gasteiger partial charge in [0.25, 0.3) is 11.1 Å². The highest BCUT2D eigenvalue weighted by atomic mass is 16.1. The highest BCUT2D eigenvalue weighted by molar-refractivity contribution is 5.80. The van der Waals surface area contributed by atoms with Crippen LogP contribution in [0.1, 0.15) is 379 Å². The van der Waals surface area contributed by atoms with Crippen molar-refractivity contribution in [3.8, 4) is 11.8 Å². The molecule has 4 aromatic heterocycles. The predicted molar refractivity (Wildman–Crippen MR) is 510 cm³/mol. The third-order valence-corrected chi connectivity index (χ3v) is 16.9. The summed E-state index contributed by atoms with van der Waals surface area (Å²) in [5.41, 5.74) is 10.5. The van der Waals surface area contributed by atoms with Gasteiger partial charge < -0.3 is 19.9 Å². The number of H-pyrrole nitrogens is 2. The molecule has 0 saturated carbocycles. The van der Waals surface area contributed by atoms with E-state index in [-0.39, 0.29) is 67.3 Å². The Morgan fingerprint density at radius 2 is 0.726 bits per heavy atom. The van der Waals surface area contributed by atoms with E-state index in [1.165, 1.54) is 46.3 Å². The average Bonchev–Trinajstić information content (AvgIpc) is 1.65. The van der Waals surface area contributed by atoms with Gasteiger partial charge in [0.2, 0.25) is 5.91 Å². The zero-order valence-electron chi connectivity index (χ0n) is 82.6. The highest BCUT2D eigenvalue weighted by Gasteiger charge is 2.34. The van der Waals surface area contributed by atoms with Gasteiger partial charge in [0, 0.05) is 80.1 Å². The Balaban J connectivity index is 0.00000146. The zero-order chi connectivity index (χ0) is 91.0. The van der Waals surface area contributed by atoms with Crippen molar-refractivity contribution in [3.05, 3.63) is 213 Å². The van der Waals surface area contributed by atoms with E-state index in [1.807, 2.05) is 29.1 Å². The van der Waals surface area contributed by atoms with Crippen molar-refractivity contribution in [3.63, 3.8) is 0 Å². The van der Waals surface area contributed by atoms with Gasteiger partial charge in [-0.1, -0.05) is 405 Å². The molecule has 0 fully saturated rings. The molecule has 656 valence electrons. The molecule has 4 heterocycles. The molecule has 6 atom stereocenters. The SMILES string of the molecule is CC(C)(C)C.CC(C)(C)C.CC(C)(C)C.CC(C)(C)C.CC(C)(C)C.CC(C)(C)C.CC(C)(C)C(CC#CCC(n1ccc2ccccc21)C(C)(C)C)c1ccccc1.CC(C)(C)C(CC(=O)NCC(c1cc(=O)[nH]cn1)C(C)(C)C)c1ccccc1.CC(C)(C)C(Cc1cn(CC(c2cc(=O)[nH]cn2)C(C)(C)C)nn1)c1ccccc1. The summed E-state index contributed by atoms with van der Waals surface area (Å²) < 4.78 is 4.31. The molecule has 0 saturated heterocycles. The number of hydrogen-bond acceptors (Lipinski definition) is 7. The lowest BCUT2D eigenvalue weighted by Crippen LogP contribution is -2.36. The first kappa shape index (κ1) is 109. The molecular weight excluding hydrogens is 1440 g/mol. The maximum absolute atomic E-state index is 12.8. The largest absolute Gasteiger partial charge is 0.355 e. The summed E-state index contributed by atoms with van der Waals surface area (Å²) in [6.07, 6.45) is 10.2. The molecule has 4 aromatic carbocycles. The number of benzene rings is 4. The van der Waals surface area contributed by atoms with Gasteiger partial charge in [-0.25, -0.2) is 9.97 Å². The minimum Gasteiger partial charge on any atom is -0.355 e. The number of rotatable bonds is 16. The Hall–Kier alpha value is -7.65. The number of carbonyl (C=O) groups is 1. The second-order valence-corrected chi connectivity index (χ2v) is 48.1. The normalized spacial score (nSPS) is 13.8. The predicted octanol–water partition coefficient (Wildman–Crippen LogP) is 29.0. The summed E-state index contributed by atoms with van der Waals surface area (Å²) in [5, 5.41) is 13.3. The van der Waals surface area contributed by atoms with Crippen LogP contribution in [0.4, 0.5) is 0 Å². The molecule has 0 bridgehead atoms. The summed E-state index contributed by atoms with van der Waals surface area (Å²) in [4.78, 5) is 50.2. The van der Waals surface area contributed by atoms with Crippen LogP contribution in [0.25, 0.3) is 10.9 Å². The van der Waals surface area contributed by atoms with Crippen LogP contribution in [0.5, 0.6) is 0 Å². The second-order valence-electron chi connectivity index (χ2n) is 48.1. The summed E-state index contributed by atoms with van der Waals surface area (Å²) >= 11 is 0. The van der Waals surface area contributed by atoms with E-state index < -0.39 is 0 Å². The first-order valence-corrected chi connectivity index (χ1v) is 43.1. The van der Waals surface area contributed by atoms with Crippen molar-refractivity contribution >= 4 is 16.8 Å². The maximum atomic E-state index is 12.8. The molecule has 8 aromatic rings. The van der Waals surface area contributed by atoms with Gasteiger partial charge in [-0.3, -0.25) is 19.1 Å². The molecule has 8 rings (SSSR count). The number of fused-ring (bicyclic) bond motifs is 1. The van der Waals surface area contributed by atoms with Crippen LogP contribution >= 0.6 is 0 Å². The molecule has 12 nitrogen and oxygen atoms in total. The Morgan fingerprint density at radius 3 is 1.09 bits per heavy atom. The van der Waals surface area contributed by atoms with Crippen molar-refractivity contribution in [2.45, 2.75) is 359 Å². The number of nitrogens with one attached hydrogen (secondary N) is 3. The van der Waals surface area contributed by atoms with E-state index in [0.717, 1.165) is 30.7 Å². The number of hydrogen-bond donors (Lipinski definition) is 3. The van der Waals surface area contributed by atoms with Crippen molar-refractivity contribution in [1.29, 1.82) is 0 Å². The van der Waals surface area contributed by atoms with Gasteiger partial charge in [-0.15, -0.1) is 16.9 Å². The summed E-state index contributed by atoms with van der Waals surface area (Å²) in [5.74, 6) is 8.00. The molecule has 0 aliphatic rings. The fraction of sp³-hybridized carbons (Fsp3) is 0.629. The lowest BCUT2D eigenvalue weighted by atomic mass is 9.74. The van der Waals surface area contributed by atoms with Crippen molar-refractivity contribution in [2.24, 2.45) is 65.0 Å². The number of nitrogens with zero attached hydrogens (tertiary/aromatic N) is 6. The molecular formula is C105H173N9O3. The van der Waals surface area contributed by atoms with Gasteiger partial charge >= 0.3 is 0 Å². The highest BCUT2D eigenvalue weighted by Crippen LogP contribution is 2.42. The fourth-order valence-corrected chi connectivity index (χ4v) is 11.6. The molecule has 6 unspecified atom stereocenters. The Morgan fingerprint density at radius 1 is 0.393 bits per heavy atom. The fourth-order valence-electron chi connectivity index (χ4n) is 11.6. The standard InChI is InChI=1S/C28H35N.C24H33N5O.C23H33N3O2.6C5H12/c1-27(2,3)24(22-14-8-7-9-15-22)17-11-13-19-26(28(4,5)6)29-21-20-23-16-10-12-18-25(23)29;1-23(2,3)19(17-10-8-7-9-11-17)12-18-14-29(28-27-18)15-20(24(4,5)6)21-13-22(30)26-16-25-21;1-22(2,3)17(16-10-8-7-9-11-16)12-20(27)24-14-18(23(4,5)6)19-13-21(28)26-15-25-19;6*1-5(2,3)4/h7-10,12,14-16,18,20-21,24,26H,17,19H2,1-6H3;7-11,13-14,16,19-20H,12,15H2,1-6H3,(H,25,26,30);7-11,13,15,17-18H,12,14H2,1-6H3,(H,24,27)(H,25,26,28);6*1-4H3. The van der Waals surface area contributed by atoms with E-state index in [2.05, 4.69) is 452 Å². The zero-order valence-corrected chi connectivity index (χ0v) is 82.6. The average molecular weight is 1610 g/mol. The van der Waals surface area contributed by atoms with E-state index in [4.69, 9.17) is 0 Å². The summed E-state index contributed by atoms with van der Waals surface area (Å²) in [6, 6.07) is 45.9. The van der Waals surface area contributed by atoms with Crippen LogP contribution in [0, 0.1) is 76.8 Å². The van der Waals surface area contributed by atoms with Gasteiger partial charge in [0.15, 0.2) is 0 Å². The van der Waals surface area contributed by atoms with Crippen LogP contribution in [-0.4, -0.2) is 51.9 Å². The van der Waals surface area contributed by atoms with E-state index in [1.54, 1.807) is 6.07 Å². The van der Waals surface area contributed by atoms with Gasteiger partial charge in [-0.2, -0.15) is 0 Å². The van der Waals surface area contributed by atoms with Gasteiger partial charge in [-0.05, 0) is 117 Å². The first-order chi connectivity index (χ1) is 52.7. The minimum atomic E-state index is -0.178. The van der Waals surface area contributed by atoms with Crippen LogP contribution in [0.2, 0.25) is 0 Å². The Kier molecular flexibility index (Phi) is 44.3. The molecule has 0 aliphatic carbocycles. The van der Waals surface area contributed by atoms with E-state index in [9.17, 15) is 14.4 Å². The smallest absolute Gasteiger partial charge is 0.250 e. The quantitative estimate of drug-likeness (QED) is 0.0813. The summed E-state index contributed by atoms with van der Waals surface area (Å²) in [7, 11) is 0. The molecule has 3 N–H and O–H groups in total. The van der Waals surface area contributed by atoms with Crippen LogP contribution in [0.3, 0.4) is 0 Å². The van der Waals surface area contributed by atoms with Gasteiger partial charge in [0.1, 0.15) is 0 Å². The van der Waals surface area contributed by atoms with E-state index >= 15 is 0 Å². The lowest BCUT2D eigenvalue weighted by molar-refractivity contribution is -0.122. The van der Waals surface area contributed by atoms with Gasteiger partial charge in [0.05, 0.1) is 36.3 Å². The van der Waals surface area contributed by atoms with Crippen LogP contribution < -0.4 is 16.4 Å². The first-order valence-electron chi connectivity index (χ1n) is 43.1. The van der Waals surface area contributed by atoms with Crippen molar-refractivity contribution in [2.75, 3.05) is 6.54 Å². The Labute approximate surface area is 717 Å². The van der Waals surface area contributed by atoms with E-state index in [0.29, 0.717) is 75.6 Å². The minimum absolute atomic E-state index is 0.0165. The molecule has 0 spiro atoms. The molecule has 0 aliphatic heterocycles. The number of carbonyl (C=O) groups excluding carboxylic acids is 1. The Bertz CT molecular complexity index is 4080. The number of aromatic nitrogens is 8. The number of amides is 1. The molecule has 0 radical (unpaired) electrons.